The average Bonchev–Trinajstić information content (AvgIpc) is 1.76. The minimum Gasteiger partial charge on any atom is -0.455 e. The van der Waals surface area contributed by atoms with Gasteiger partial charge >= 0.3 is 0 Å². The summed E-state index contributed by atoms with van der Waals surface area (Å²) in [6.45, 7) is 0. The van der Waals surface area contributed by atoms with Crippen LogP contribution in [-0.2, 0) is 4.74 Å². The van der Waals surface area contributed by atoms with Crippen LogP contribution in [0.2, 0.25) is 0 Å². The largest absolute Gasteiger partial charge is 0.455 e. The fraction of sp³-hybridized carbons (Fsp3) is 0. The SMILES string of the molecule is C1=C=COC=1. The van der Waals surface area contributed by atoms with Crippen molar-refractivity contribution >= 4 is 0 Å². The van der Waals surface area contributed by atoms with Crippen LogP contribution < -0.4 is 0 Å². The van der Waals surface area contributed by atoms with Crippen molar-refractivity contribution in [1.82, 2.24) is 0 Å². The van der Waals surface area contributed by atoms with Crippen LogP contribution in [0.4, 0.5) is 0 Å². The fourth-order valence-electron chi connectivity index (χ4n) is 0.170. The van der Waals surface area contributed by atoms with E-state index in [-0.39, 0.29) is 0 Å². The molecule has 0 aromatic rings. The normalized spacial score (nSPS) is 12.8. The molecule has 1 nitrogen and oxygen atoms in total. The van der Waals surface area contributed by atoms with Gasteiger partial charge in [0.15, 0.2) is 0 Å². The van der Waals surface area contributed by atoms with E-state index in [2.05, 4.69) is 16.2 Å². The van der Waals surface area contributed by atoms with Crippen LogP contribution in [0, 0.1) is 0 Å². The van der Waals surface area contributed by atoms with Gasteiger partial charge in [0.2, 0.25) is 0 Å². The third-order valence-electron chi connectivity index (χ3n) is 0.337. The van der Waals surface area contributed by atoms with Gasteiger partial charge in [-0.3, -0.25) is 0 Å². The molecule has 0 aliphatic carbocycles. The number of hydrogen-bond acceptors (Lipinski definition) is 1. The summed E-state index contributed by atoms with van der Waals surface area (Å²) in [4.78, 5) is 0. The number of ether oxygens (including phenoxy) is 1. The van der Waals surface area contributed by atoms with Crippen molar-refractivity contribution in [3.8, 4) is 0 Å². The lowest BCUT2D eigenvalue weighted by Crippen LogP contribution is -1.48. The molecule has 1 aliphatic heterocycles. The molecule has 1 heteroatoms. The highest BCUT2D eigenvalue weighted by Crippen LogP contribution is 1.78. The van der Waals surface area contributed by atoms with Crippen LogP contribution in [0.3, 0.4) is 0 Å². The zero-order valence-corrected chi connectivity index (χ0v) is 2.56. The quantitative estimate of drug-likeness (QED) is 0.380. The van der Waals surface area contributed by atoms with E-state index in [4.69, 9.17) is 0 Å². The molecule has 0 saturated heterocycles. The van der Waals surface area contributed by atoms with Crippen molar-refractivity contribution in [1.29, 1.82) is 0 Å². The lowest BCUT2D eigenvalue weighted by molar-refractivity contribution is 0.412. The molecule has 0 amide bonds. The Morgan fingerprint density at radius 2 is 1.80 bits per heavy atom. The van der Waals surface area contributed by atoms with Gasteiger partial charge in [0.1, 0.15) is 12.5 Å². The maximum atomic E-state index is 4.47. The zero-order chi connectivity index (χ0) is 3.54. The van der Waals surface area contributed by atoms with Gasteiger partial charge in [0.25, 0.3) is 0 Å². The van der Waals surface area contributed by atoms with Gasteiger partial charge in [-0.15, -0.1) is 0 Å². The molecule has 0 atom stereocenters. The molecule has 0 aromatic heterocycles. The topological polar surface area (TPSA) is 9.23 Å². The Balaban J connectivity index is 3.17. The smallest absolute Gasteiger partial charge is 0.141 e. The van der Waals surface area contributed by atoms with Gasteiger partial charge in [-0.05, 0) is 11.5 Å². The summed E-state index contributed by atoms with van der Waals surface area (Å²) in [6, 6.07) is 0. The molecule has 0 fully saturated rings. The molecule has 0 bridgehead atoms. The second-order valence-corrected chi connectivity index (χ2v) is 0.660. The van der Waals surface area contributed by atoms with Crippen LogP contribution in [-0.4, -0.2) is 0 Å². The molecule has 0 N–H and O–H groups in total. The summed E-state index contributed by atoms with van der Waals surface area (Å²) in [6.07, 6.45) is 2.89. The van der Waals surface area contributed by atoms with Crippen molar-refractivity contribution in [2.75, 3.05) is 0 Å². The van der Waals surface area contributed by atoms with E-state index in [1.54, 1.807) is 0 Å². The van der Waals surface area contributed by atoms with Crippen LogP contribution >= 0.6 is 0 Å². The Kier molecular flexibility index (Phi) is 0.381. The lowest BCUT2D eigenvalue weighted by atomic mass is 10.9. The van der Waals surface area contributed by atoms with Crippen molar-refractivity contribution in [2.24, 2.45) is 0 Å². The molecule has 1 rings (SSSR count). The highest BCUT2D eigenvalue weighted by molar-refractivity contribution is 4.85. The standard InChI is InChI=1S/C4H2O/c1-2-4-5-3-1/h3-4H. The van der Waals surface area contributed by atoms with Crippen molar-refractivity contribution in [3.63, 3.8) is 0 Å². The molecule has 1 aliphatic rings. The Morgan fingerprint density at radius 3 is 2.00 bits per heavy atom. The third-order valence-corrected chi connectivity index (χ3v) is 0.337. The number of rotatable bonds is 0. The predicted molar refractivity (Wildman–Crippen MR) is 17.3 cm³/mol. The lowest BCUT2D eigenvalue weighted by Gasteiger charge is -1.69. The average molecular weight is 66.1 g/mol. The van der Waals surface area contributed by atoms with E-state index in [0.717, 1.165) is 0 Å². The summed E-state index contributed by atoms with van der Waals surface area (Å²) in [5.74, 6) is 0. The van der Waals surface area contributed by atoms with Gasteiger partial charge in [-0.1, -0.05) is 0 Å². The maximum Gasteiger partial charge on any atom is 0.141 e. The van der Waals surface area contributed by atoms with E-state index < -0.39 is 0 Å². The summed E-state index contributed by atoms with van der Waals surface area (Å²) < 4.78 is 4.47. The van der Waals surface area contributed by atoms with Gasteiger partial charge in [0, 0.05) is 0 Å². The van der Waals surface area contributed by atoms with Crippen LogP contribution in [0.25, 0.3) is 0 Å². The summed E-state index contributed by atoms with van der Waals surface area (Å²) in [5.41, 5.74) is 5.14. The van der Waals surface area contributed by atoms with E-state index in [9.17, 15) is 0 Å². The van der Waals surface area contributed by atoms with E-state index in [1.807, 2.05) is 0 Å². The minimum atomic E-state index is 1.44. The van der Waals surface area contributed by atoms with Gasteiger partial charge in [-0.25, -0.2) is 0 Å². The molecular formula is C4H2O. The Bertz CT molecular complexity index is 97.6. The summed E-state index contributed by atoms with van der Waals surface area (Å²) in [7, 11) is 0. The monoisotopic (exact) mass is 66.0 g/mol. The van der Waals surface area contributed by atoms with Crippen LogP contribution in [0.15, 0.2) is 24.0 Å². The first kappa shape index (κ1) is 2.34. The number of hydrogen-bond donors (Lipinski definition) is 0. The Hall–Kier alpha value is -0.900. The Labute approximate surface area is 29.9 Å². The second kappa shape index (κ2) is 0.813. The summed E-state index contributed by atoms with van der Waals surface area (Å²) in [5, 5.41) is 0. The molecule has 0 saturated carbocycles. The molecule has 0 radical (unpaired) electrons. The second-order valence-electron chi connectivity index (χ2n) is 0.660. The molecular weight excluding hydrogens is 64.0 g/mol. The zero-order valence-electron chi connectivity index (χ0n) is 2.56. The molecule has 0 spiro atoms. The van der Waals surface area contributed by atoms with E-state index >= 15 is 0 Å². The Morgan fingerprint density at radius 1 is 1.20 bits per heavy atom. The highest BCUT2D eigenvalue weighted by Gasteiger charge is 1.63. The third kappa shape index (κ3) is 0.223. The first-order valence-electron chi connectivity index (χ1n) is 1.30. The van der Waals surface area contributed by atoms with Crippen LogP contribution in [0.1, 0.15) is 0 Å². The van der Waals surface area contributed by atoms with Crippen molar-refractivity contribution in [3.05, 3.63) is 24.0 Å². The van der Waals surface area contributed by atoms with Crippen molar-refractivity contribution < 1.29 is 4.74 Å². The molecule has 1 heterocycles. The summed E-state index contributed by atoms with van der Waals surface area (Å²) >= 11 is 0. The van der Waals surface area contributed by atoms with Gasteiger partial charge < -0.3 is 4.74 Å². The first-order valence-corrected chi connectivity index (χ1v) is 1.30. The van der Waals surface area contributed by atoms with Gasteiger partial charge in [0.05, 0.1) is 0 Å². The van der Waals surface area contributed by atoms with E-state index in [1.165, 1.54) is 12.5 Å². The van der Waals surface area contributed by atoms with Crippen LogP contribution in [0.5, 0.6) is 0 Å². The minimum absolute atomic E-state index is 1.44. The predicted octanol–water partition coefficient (Wildman–Crippen LogP) is 0.798. The van der Waals surface area contributed by atoms with E-state index in [0.29, 0.717) is 0 Å². The highest BCUT2D eigenvalue weighted by atomic mass is 16.5. The molecule has 24 valence electrons. The fourth-order valence-corrected chi connectivity index (χ4v) is 0.170. The van der Waals surface area contributed by atoms with Gasteiger partial charge in [-0.2, -0.15) is 0 Å². The maximum absolute atomic E-state index is 4.47. The first-order chi connectivity index (χ1) is 2.50. The van der Waals surface area contributed by atoms with Crippen molar-refractivity contribution in [2.45, 2.75) is 0 Å². The molecule has 0 unspecified atom stereocenters. The molecule has 0 aromatic carbocycles. The molecule has 5 heavy (non-hydrogen) atoms.